The minimum absolute atomic E-state index is 0.00185. The van der Waals surface area contributed by atoms with Gasteiger partial charge in [-0.2, -0.15) is 5.10 Å². The maximum Gasteiger partial charge on any atom is 0.252 e. The molecular formula is C26H29N3OS2. The predicted octanol–water partition coefficient (Wildman–Crippen LogP) is 6.81. The van der Waals surface area contributed by atoms with E-state index in [-0.39, 0.29) is 11.9 Å². The number of aromatic nitrogens is 2. The number of fused-ring (bicyclic) bond motifs is 1. The highest BCUT2D eigenvalue weighted by Gasteiger charge is 2.24. The molecule has 0 spiro atoms. The van der Waals surface area contributed by atoms with Gasteiger partial charge < -0.3 is 5.32 Å². The van der Waals surface area contributed by atoms with Gasteiger partial charge in [-0.05, 0) is 67.7 Å². The van der Waals surface area contributed by atoms with Gasteiger partial charge in [0.1, 0.15) is 0 Å². The highest BCUT2D eigenvalue weighted by Crippen LogP contribution is 2.32. The van der Waals surface area contributed by atoms with Crippen LogP contribution in [0.3, 0.4) is 0 Å². The first-order valence-corrected chi connectivity index (χ1v) is 13.1. The zero-order valence-corrected chi connectivity index (χ0v) is 20.6. The molecule has 1 amide bonds. The van der Waals surface area contributed by atoms with Crippen LogP contribution in [0.1, 0.15) is 61.5 Å². The maximum absolute atomic E-state index is 13.5. The van der Waals surface area contributed by atoms with Crippen LogP contribution in [0, 0.1) is 6.92 Å². The van der Waals surface area contributed by atoms with Crippen molar-refractivity contribution in [2.45, 2.75) is 50.3 Å². The fourth-order valence-electron chi connectivity index (χ4n) is 3.93. The number of carbonyl (C=O) groups excluding carboxylic acids is 1. The van der Waals surface area contributed by atoms with Gasteiger partial charge in [0.2, 0.25) is 0 Å². The van der Waals surface area contributed by atoms with Crippen molar-refractivity contribution in [3.05, 3.63) is 75.9 Å². The normalized spacial score (nSPS) is 14.2. The van der Waals surface area contributed by atoms with Crippen LogP contribution < -0.4 is 5.32 Å². The van der Waals surface area contributed by atoms with Crippen molar-refractivity contribution in [2.24, 2.45) is 0 Å². The van der Waals surface area contributed by atoms with Crippen molar-refractivity contribution in [3.8, 4) is 5.69 Å². The predicted molar refractivity (Wildman–Crippen MR) is 136 cm³/mol. The molecule has 0 fully saturated rings. The first kappa shape index (κ1) is 22.6. The van der Waals surface area contributed by atoms with Gasteiger partial charge in [0.05, 0.1) is 27.8 Å². The van der Waals surface area contributed by atoms with Gasteiger partial charge in [0.15, 0.2) is 0 Å². The van der Waals surface area contributed by atoms with Gasteiger partial charge in [-0.3, -0.25) is 4.79 Å². The Labute approximate surface area is 198 Å². The van der Waals surface area contributed by atoms with Crippen molar-refractivity contribution in [3.63, 3.8) is 0 Å². The molecule has 32 heavy (non-hydrogen) atoms. The van der Waals surface area contributed by atoms with Crippen LogP contribution in [0.25, 0.3) is 17.3 Å². The number of hydrogen-bond donors (Lipinski definition) is 1. The summed E-state index contributed by atoms with van der Waals surface area (Å²) < 4.78 is 3.21. The number of amides is 1. The van der Waals surface area contributed by atoms with Gasteiger partial charge in [-0.15, -0.1) is 23.1 Å². The fourth-order valence-corrected chi connectivity index (χ4v) is 5.40. The summed E-state index contributed by atoms with van der Waals surface area (Å²) in [5, 5.41) is 10.1. The lowest BCUT2D eigenvalue weighted by Crippen LogP contribution is -2.28. The van der Waals surface area contributed by atoms with Crippen LogP contribution in [0.5, 0.6) is 0 Å². The topological polar surface area (TPSA) is 46.9 Å². The molecule has 4 nitrogen and oxygen atoms in total. The summed E-state index contributed by atoms with van der Waals surface area (Å²) in [5.41, 5.74) is 7.23. The number of benzene rings is 1. The smallest absolute Gasteiger partial charge is 0.252 e. The van der Waals surface area contributed by atoms with Gasteiger partial charge >= 0.3 is 0 Å². The van der Waals surface area contributed by atoms with Crippen LogP contribution in [0.4, 0.5) is 0 Å². The summed E-state index contributed by atoms with van der Waals surface area (Å²) in [7, 11) is 0. The Kier molecular flexibility index (Phi) is 7.01. The molecule has 0 saturated heterocycles. The Morgan fingerprint density at radius 1 is 1.28 bits per heavy atom. The lowest BCUT2D eigenvalue weighted by molar-refractivity contribution is -0.116. The lowest BCUT2D eigenvalue weighted by atomic mass is 10.0. The molecule has 1 aliphatic rings. The zero-order valence-electron chi connectivity index (χ0n) is 19.0. The Balaban J connectivity index is 1.68. The molecule has 0 bridgehead atoms. The quantitative estimate of drug-likeness (QED) is 0.391. The van der Waals surface area contributed by atoms with E-state index < -0.39 is 0 Å². The van der Waals surface area contributed by atoms with E-state index in [1.165, 1.54) is 20.9 Å². The number of allylic oxidation sites excluding steroid dienone is 2. The molecule has 1 N–H and O–H groups in total. The molecule has 1 unspecified atom stereocenters. The molecule has 2 heterocycles. The van der Waals surface area contributed by atoms with E-state index in [0.29, 0.717) is 5.57 Å². The Morgan fingerprint density at radius 2 is 2.06 bits per heavy atom. The number of thiophene rings is 1. The van der Waals surface area contributed by atoms with E-state index in [2.05, 4.69) is 85.3 Å². The van der Waals surface area contributed by atoms with E-state index in [9.17, 15) is 4.79 Å². The highest BCUT2D eigenvalue weighted by atomic mass is 32.2. The molecule has 6 heteroatoms. The minimum Gasteiger partial charge on any atom is -0.345 e. The third kappa shape index (κ3) is 4.62. The van der Waals surface area contributed by atoms with Crippen molar-refractivity contribution in [1.29, 1.82) is 0 Å². The van der Waals surface area contributed by atoms with E-state index in [1.54, 1.807) is 23.1 Å². The number of nitrogens with one attached hydrogen (secondary N) is 1. The third-order valence-electron chi connectivity index (χ3n) is 5.90. The van der Waals surface area contributed by atoms with Crippen LogP contribution >= 0.6 is 23.1 Å². The second-order valence-corrected chi connectivity index (χ2v) is 10.0. The average Bonchev–Trinajstić information content (AvgIpc) is 3.40. The summed E-state index contributed by atoms with van der Waals surface area (Å²) in [5.74, 6) is -0.0378. The SMILES string of the molecule is CCC1=Cc2c(cnn2-c2ccc(C)cc2)C(C(=O)NC(CC)c2csc(SC)c2)=CC1. The second-order valence-electron chi connectivity index (χ2n) is 8.01. The minimum atomic E-state index is -0.0378. The van der Waals surface area contributed by atoms with Gasteiger partial charge in [-0.1, -0.05) is 43.2 Å². The Morgan fingerprint density at radius 3 is 2.72 bits per heavy atom. The molecule has 4 rings (SSSR count). The van der Waals surface area contributed by atoms with Crippen LogP contribution in [-0.2, 0) is 4.79 Å². The number of aryl methyl sites for hydroxylation is 1. The summed E-state index contributed by atoms with van der Waals surface area (Å²) in [6.07, 6.45) is 10.7. The molecule has 166 valence electrons. The van der Waals surface area contributed by atoms with Crippen molar-refractivity contribution in [2.75, 3.05) is 6.26 Å². The molecule has 3 aromatic rings. The monoisotopic (exact) mass is 463 g/mol. The van der Waals surface area contributed by atoms with Gasteiger partial charge in [-0.25, -0.2) is 4.68 Å². The highest BCUT2D eigenvalue weighted by molar-refractivity contribution is 8.00. The van der Waals surface area contributed by atoms with Crippen molar-refractivity contribution < 1.29 is 4.79 Å². The number of hydrogen-bond acceptors (Lipinski definition) is 4. The first-order chi connectivity index (χ1) is 15.5. The molecule has 2 aromatic heterocycles. The first-order valence-electron chi connectivity index (χ1n) is 11.0. The third-order valence-corrected chi connectivity index (χ3v) is 7.95. The van der Waals surface area contributed by atoms with Crippen LogP contribution in [0.2, 0.25) is 0 Å². The molecule has 1 atom stereocenters. The number of carbonyl (C=O) groups is 1. The van der Waals surface area contributed by atoms with Crippen molar-refractivity contribution in [1.82, 2.24) is 15.1 Å². The van der Waals surface area contributed by atoms with E-state index in [0.717, 1.165) is 36.2 Å². The summed E-state index contributed by atoms with van der Waals surface area (Å²) in [4.78, 5) is 13.5. The summed E-state index contributed by atoms with van der Waals surface area (Å²) in [6.45, 7) is 6.35. The lowest BCUT2D eigenvalue weighted by Gasteiger charge is -2.17. The van der Waals surface area contributed by atoms with E-state index >= 15 is 0 Å². The molecule has 1 aliphatic carbocycles. The van der Waals surface area contributed by atoms with Crippen molar-refractivity contribution >= 4 is 40.7 Å². The number of rotatable bonds is 7. The molecule has 0 aliphatic heterocycles. The maximum atomic E-state index is 13.5. The molecule has 0 radical (unpaired) electrons. The second kappa shape index (κ2) is 9.92. The summed E-state index contributed by atoms with van der Waals surface area (Å²) in [6, 6.07) is 10.5. The largest absolute Gasteiger partial charge is 0.345 e. The number of thioether (sulfide) groups is 1. The Hall–Kier alpha value is -2.57. The molecule has 0 saturated carbocycles. The summed E-state index contributed by atoms with van der Waals surface area (Å²) >= 11 is 3.47. The van der Waals surface area contributed by atoms with Crippen LogP contribution in [-0.4, -0.2) is 21.9 Å². The number of nitrogens with zero attached hydrogens (tertiary/aromatic N) is 2. The average molecular weight is 464 g/mol. The Bertz CT molecular complexity index is 1170. The van der Waals surface area contributed by atoms with Crippen LogP contribution in [0.15, 0.2) is 57.8 Å². The van der Waals surface area contributed by atoms with Gasteiger partial charge in [0.25, 0.3) is 5.91 Å². The van der Waals surface area contributed by atoms with E-state index in [4.69, 9.17) is 0 Å². The molecular weight excluding hydrogens is 434 g/mol. The van der Waals surface area contributed by atoms with Gasteiger partial charge in [0, 0.05) is 11.1 Å². The standard InChI is InChI=1S/C26H29N3OS2/c1-5-18-9-12-21(26(30)28-23(6-2)19-14-25(31-4)32-16-19)22-15-27-29(24(22)13-18)20-10-7-17(3)8-11-20/h7-8,10-16,23H,5-6,9H2,1-4H3,(H,28,30). The zero-order chi connectivity index (χ0) is 22.7. The van der Waals surface area contributed by atoms with E-state index in [1.807, 2.05) is 10.9 Å². The fraction of sp³-hybridized carbons (Fsp3) is 0.308. The molecule has 1 aromatic carbocycles.